The predicted octanol–water partition coefficient (Wildman–Crippen LogP) is 2.46. The minimum atomic E-state index is -1.11. The largest absolute Gasteiger partial charge is 0.478 e. The van der Waals surface area contributed by atoms with Crippen LogP contribution in [0.4, 0.5) is 0 Å². The maximum Gasteiger partial charge on any atom is 0.335 e. The lowest BCUT2D eigenvalue weighted by molar-refractivity contribution is 0.0697. The Morgan fingerprint density at radius 3 is 2.55 bits per heavy atom. The van der Waals surface area contributed by atoms with E-state index in [1.54, 1.807) is 0 Å². The Hall–Kier alpha value is -2.95. The number of carboxylic acid groups (broad SMARTS) is 1. The number of aldehydes is 1. The van der Waals surface area contributed by atoms with Gasteiger partial charge in [-0.15, -0.1) is 0 Å². The molecule has 0 aliphatic rings. The van der Waals surface area contributed by atoms with Gasteiger partial charge in [0.2, 0.25) is 5.43 Å². The third-order valence-electron chi connectivity index (χ3n) is 3.08. The van der Waals surface area contributed by atoms with Crippen LogP contribution in [0.15, 0.2) is 45.6 Å². The fraction of sp³-hybridized carbons (Fsp3) is 0. The van der Waals surface area contributed by atoms with Crippen molar-refractivity contribution in [2.75, 3.05) is 0 Å². The van der Waals surface area contributed by atoms with Crippen molar-refractivity contribution in [1.82, 2.24) is 0 Å². The topological polar surface area (TPSA) is 84.6 Å². The highest BCUT2D eigenvalue weighted by atomic mass is 16.4. The lowest BCUT2D eigenvalue weighted by atomic mass is 10.1. The molecule has 0 radical (unpaired) electrons. The van der Waals surface area contributed by atoms with Gasteiger partial charge in [0.25, 0.3) is 0 Å². The van der Waals surface area contributed by atoms with Crippen LogP contribution < -0.4 is 5.43 Å². The Bertz CT molecular complexity index is 921. The summed E-state index contributed by atoms with van der Waals surface area (Å²) in [6.45, 7) is 0. The monoisotopic (exact) mass is 268 g/mol. The molecule has 1 heterocycles. The van der Waals surface area contributed by atoms with E-state index in [1.807, 2.05) is 0 Å². The van der Waals surface area contributed by atoms with Crippen molar-refractivity contribution in [3.05, 3.63) is 57.7 Å². The van der Waals surface area contributed by atoms with Crippen LogP contribution in [-0.2, 0) is 0 Å². The van der Waals surface area contributed by atoms with Gasteiger partial charge in [-0.05, 0) is 30.3 Å². The Labute approximate surface area is 112 Å². The zero-order valence-corrected chi connectivity index (χ0v) is 10.1. The van der Waals surface area contributed by atoms with Crippen LogP contribution in [0.5, 0.6) is 0 Å². The molecule has 2 aromatic carbocycles. The summed E-state index contributed by atoms with van der Waals surface area (Å²) in [5.74, 6) is -1.11. The van der Waals surface area contributed by atoms with Crippen LogP contribution >= 0.6 is 0 Å². The molecule has 0 bridgehead atoms. The standard InChI is InChI=1S/C15H8O5/c16-7-8-1-3-10-13(5-8)20-12-4-2-9(15(18)19)6-11(12)14(10)17/h1-7H,(H,18,19). The molecule has 0 unspecified atom stereocenters. The number of carboxylic acids is 1. The maximum absolute atomic E-state index is 12.3. The normalized spacial score (nSPS) is 10.8. The zero-order chi connectivity index (χ0) is 14.3. The Morgan fingerprint density at radius 1 is 1.05 bits per heavy atom. The van der Waals surface area contributed by atoms with Crippen molar-refractivity contribution in [1.29, 1.82) is 0 Å². The summed E-state index contributed by atoms with van der Waals surface area (Å²) < 4.78 is 5.55. The number of benzene rings is 2. The fourth-order valence-electron chi connectivity index (χ4n) is 2.08. The molecular formula is C15H8O5. The molecule has 0 aliphatic carbocycles. The molecule has 0 saturated heterocycles. The van der Waals surface area contributed by atoms with E-state index in [-0.39, 0.29) is 22.0 Å². The quantitative estimate of drug-likeness (QED) is 0.570. The molecule has 0 fully saturated rings. The van der Waals surface area contributed by atoms with Crippen LogP contribution in [0.25, 0.3) is 21.9 Å². The van der Waals surface area contributed by atoms with Crippen LogP contribution in [-0.4, -0.2) is 17.4 Å². The first kappa shape index (κ1) is 12.1. The Morgan fingerprint density at radius 2 is 1.85 bits per heavy atom. The number of fused-ring (bicyclic) bond motifs is 2. The summed E-state index contributed by atoms with van der Waals surface area (Å²) >= 11 is 0. The van der Waals surface area contributed by atoms with Crippen LogP contribution in [0.3, 0.4) is 0 Å². The van der Waals surface area contributed by atoms with E-state index >= 15 is 0 Å². The van der Waals surface area contributed by atoms with Crippen LogP contribution in [0.1, 0.15) is 20.7 Å². The minimum absolute atomic E-state index is 0.0219. The smallest absolute Gasteiger partial charge is 0.335 e. The molecule has 3 rings (SSSR count). The summed E-state index contributed by atoms with van der Waals surface area (Å²) in [5, 5.41) is 9.46. The number of carbonyl (C=O) groups excluding carboxylic acids is 1. The van der Waals surface area contributed by atoms with E-state index in [2.05, 4.69) is 0 Å². The van der Waals surface area contributed by atoms with Gasteiger partial charge in [-0.1, -0.05) is 6.07 Å². The first-order valence-electron chi connectivity index (χ1n) is 5.79. The van der Waals surface area contributed by atoms with Crippen molar-refractivity contribution in [3.8, 4) is 0 Å². The fourth-order valence-corrected chi connectivity index (χ4v) is 2.08. The first-order chi connectivity index (χ1) is 9.60. The van der Waals surface area contributed by atoms with E-state index in [0.717, 1.165) is 0 Å². The SMILES string of the molecule is O=Cc1ccc2c(=O)c3cc(C(=O)O)ccc3oc2c1. The molecule has 98 valence electrons. The van der Waals surface area contributed by atoms with Gasteiger partial charge in [-0.25, -0.2) is 4.79 Å². The van der Waals surface area contributed by atoms with E-state index in [0.29, 0.717) is 22.8 Å². The van der Waals surface area contributed by atoms with Gasteiger partial charge in [-0.3, -0.25) is 9.59 Å². The van der Waals surface area contributed by atoms with E-state index < -0.39 is 5.97 Å². The van der Waals surface area contributed by atoms with Crippen LogP contribution in [0.2, 0.25) is 0 Å². The maximum atomic E-state index is 12.3. The number of aromatic carboxylic acids is 1. The molecule has 0 aliphatic heterocycles. The van der Waals surface area contributed by atoms with Crippen molar-refractivity contribution in [3.63, 3.8) is 0 Å². The van der Waals surface area contributed by atoms with Gasteiger partial charge >= 0.3 is 5.97 Å². The second kappa shape index (κ2) is 4.31. The first-order valence-corrected chi connectivity index (χ1v) is 5.79. The minimum Gasteiger partial charge on any atom is -0.478 e. The highest BCUT2D eigenvalue weighted by Crippen LogP contribution is 2.20. The van der Waals surface area contributed by atoms with Gasteiger partial charge in [0, 0.05) is 5.56 Å². The van der Waals surface area contributed by atoms with Crippen molar-refractivity contribution >= 4 is 34.2 Å². The lowest BCUT2D eigenvalue weighted by Gasteiger charge is -2.02. The number of hydrogen-bond donors (Lipinski definition) is 1. The molecule has 0 spiro atoms. The van der Waals surface area contributed by atoms with E-state index in [1.165, 1.54) is 36.4 Å². The molecule has 5 nitrogen and oxygen atoms in total. The Kier molecular flexibility index (Phi) is 2.61. The third kappa shape index (κ3) is 1.76. The summed E-state index contributed by atoms with van der Waals surface area (Å²) in [6, 6.07) is 8.58. The average molecular weight is 268 g/mol. The summed E-state index contributed by atoms with van der Waals surface area (Å²) in [4.78, 5) is 34.0. The zero-order valence-electron chi connectivity index (χ0n) is 10.1. The lowest BCUT2D eigenvalue weighted by Crippen LogP contribution is -2.04. The van der Waals surface area contributed by atoms with Gasteiger partial charge in [0.1, 0.15) is 17.5 Å². The average Bonchev–Trinajstić information content (AvgIpc) is 2.46. The molecule has 3 aromatic rings. The molecule has 20 heavy (non-hydrogen) atoms. The third-order valence-corrected chi connectivity index (χ3v) is 3.08. The second-order valence-corrected chi connectivity index (χ2v) is 4.32. The molecule has 0 saturated carbocycles. The van der Waals surface area contributed by atoms with Crippen molar-refractivity contribution in [2.24, 2.45) is 0 Å². The molecule has 0 atom stereocenters. The molecule has 1 aromatic heterocycles. The number of carbonyl (C=O) groups is 2. The number of hydrogen-bond acceptors (Lipinski definition) is 4. The van der Waals surface area contributed by atoms with Crippen LogP contribution in [0, 0.1) is 0 Å². The van der Waals surface area contributed by atoms with Crippen molar-refractivity contribution < 1.29 is 19.1 Å². The van der Waals surface area contributed by atoms with Gasteiger partial charge in [0.15, 0.2) is 0 Å². The van der Waals surface area contributed by atoms with Gasteiger partial charge < -0.3 is 9.52 Å². The Balaban J connectivity index is 2.43. The van der Waals surface area contributed by atoms with Crippen molar-refractivity contribution in [2.45, 2.75) is 0 Å². The number of rotatable bonds is 2. The highest BCUT2D eigenvalue weighted by Gasteiger charge is 2.11. The summed E-state index contributed by atoms with van der Waals surface area (Å²) in [7, 11) is 0. The summed E-state index contributed by atoms with van der Waals surface area (Å²) in [6.07, 6.45) is 0.664. The van der Waals surface area contributed by atoms with E-state index in [9.17, 15) is 14.4 Å². The molecule has 0 amide bonds. The molecule has 1 N–H and O–H groups in total. The summed E-state index contributed by atoms with van der Waals surface area (Å²) in [5.41, 5.74) is 0.698. The predicted molar refractivity (Wildman–Crippen MR) is 72.3 cm³/mol. The van der Waals surface area contributed by atoms with Gasteiger partial charge in [-0.2, -0.15) is 0 Å². The van der Waals surface area contributed by atoms with Gasteiger partial charge in [0.05, 0.1) is 16.3 Å². The van der Waals surface area contributed by atoms with E-state index in [4.69, 9.17) is 9.52 Å². The molecule has 5 heteroatoms. The second-order valence-electron chi connectivity index (χ2n) is 4.32. The highest BCUT2D eigenvalue weighted by molar-refractivity contribution is 5.96. The molecular weight excluding hydrogens is 260 g/mol.